The zero-order valence-electron chi connectivity index (χ0n) is 50.3. The summed E-state index contributed by atoms with van der Waals surface area (Å²) in [7, 11) is 0. The van der Waals surface area contributed by atoms with E-state index in [9.17, 15) is 0 Å². The summed E-state index contributed by atoms with van der Waals surface area (Å²) in [5.41, 5.74) is 19.6. The zero-order valence-corrected chi connectivity index (χ0v) is 59.3. The predicted molar refractivity (Wildman–Crippen MR) is 365 cm³/mol. The van der Waals surface area contributed by atoms with E-state index in [4.69, 9.17) is 0 Å². The summed E-state index contributed by atoms with van der Waals surface area (Å²) in [6, 6.07) is 51.6. The number of benzene rings is 5. The molecule has 0 bridgehead atoms. The molecule has 4 aromatic heterocycles. The predicted octanol–water partition coefficient (Wildman–Crippen LogP) is 22.5. The fourth-order valence-electron chi connectivity index (χ4n) is 13.7. The van der Waals surface area contributed by atoms with Crippen molar-refractivity contribution in [1.82, 2.24) is 0 Å². The van der Waals surface area contributed by atoms with E-state index in [1.54, 1.807) is 16.9 Å². The number of hydrogen-bond acceptors (Lipinski definition) is 4. The van der Waals surface area contributed by atoms with Crippen LogP contribution in [-0.4, -0.2) is 36.8 Å². The first-order valence-electron chi connectivity index (χ1n) is 31.5. The van der Waals surface area contributed by atoms with Gasteiger partial charge in [0.2, 0.25) is 0 Å². The van der Waals surface area contributed by atoms with Crippen molar-refractivity contribution in [3.63, 3.8) is 0 Å². The van der Waals surface area contributed by atoms with Crippen molar-refractivity contribution in [2.24, 2.45) is 0 Å². The summed E-state index contributed by atoms with van der Waals surface area (Å²) in [6.45, 7) is 9.30. The number of unbranched alkanes of at least 4 members (excludes halogenated alkanes) is 12. The van der Waals surface area contributed by atoms with Crippen LogP contribution in [0.3, 0.4) is 0 Å². The number of hydrogen-bond donors (Lipinski definition) is 0. The van der Waals surface area contributed by atoms with Crippen LogP contribution in [0.25, 0.3) is 39.7 Å². The molecule has 0 amide bonds. The van der Waals surface area contributed by atoms with Crippen LogP contribution in [0.4, 0.5) is 0 Å². The minimum absolute atomic E-state index is 0.484. The van der Waals surface area contributed by atoms with Crippen LogP contribution in [0, 0.1) is 0 Å². The van der Waals surface area contributed by atoms with Crippen molar-refractivity contribution < 1.29 is 0 Å². The molecule has 2 aliphatic carbocycles. The molecule has 0 saturated heterocycles. The maximum atomic E-state index is 2.80. The summed E-state index contributed by atoms with van der Waals surface area (Å²) in [6.07, 6.45) is 25.2. The molecule has 418 valence electrons. The van der Waals surface area contributed by atoms with Crippen LogP contribution < -0.4 is 5.79 Å². The van der Waals surface area contributed by atoms with Gasteiger partial charge in [-0.3, -0.25) is 0 Å². The van der Waals surface area contributed by atoms with E-state index < -0.39 is 47.6 Å². The van der Waals surface area contributed by atoms with E-state index >= 15 is 0 Å². The monoisotopic (exact) mass is 1350 g/mol. The SMILES string of the molecule is CCCCCCc1ccc(C2(c3ccc(CCCCCC)cc3)c3cc4c(cc3-c3sc5c[c]([Sn]([CH3])([CH3])[CH3])sc5c32)C(c2ccc(CCCCCC)cc2)(c2ccc(CCCCCC)cc2)c2c-4sc3c[c]([Sn]([CH3])([CH3])[CH3])sc23)cc1. The fraction of sp³-hybridized carbons (Fsp3) is 0.432. The Morgan fingerprint density at radius 2 is 0.600 bits per heavy atom. The Kier molecular flexibility index (Phi) is 18.3. The Morgan fingerprint density at radius 3 is 0.850 bits per heavy atom. The summed E-state index contributed by atoms with van der Waals surface area (Å²) < 4.78 is 9.42. The molecule has 0 N–H and O–H groups in total. The van der Waals surface area contributed by atoms with Crippen molar-refractivity contribution in [3.8, 4) is 20.9 Å². The van der Waals surface area contributed by atoms with Gasteiger partial charge in [-0.2, -0.15) is 0 Å². The minimum atomic E-state index is -2.48. The molecule has 5 aromatic carbocycles. The van der Waals surface area contributed by atoms with Gasteiger partial charge in [0.1, 0.15) is 0 Å². The third-order valence-electron chi connectivity index (χ3n) is 18.2. The van der Waals surface area contributed by atoms with Crippen LogP contribution in [0.15, 0.2) is 121 Å². The molecular weight excluding hydrogens is 1250 g/mol. The maximum absolute atomic E-state index is 2.80. The van der Waals surface area contributed by atoms with Crippen molar-refractivity contribution in [1.29, 1.82) is 0 Å². The first kappa shape index (κ1) is 58.8. The van der Waals surface area contributed by atoms with E-state index in [0.717, 1.165) is 25.7 Å². The first-order chi connectivity index (χ1) is 38.7. The molecule has 0 atom stereocenters. The van der Waals surface area contributed by atoms with E-state index in [0.29, 0.717) is 0 Å². The Morgan fingerprint density at radius 1 is 0.325 bits per heavy atom. The summed E-state index contributed by atoms with van der Waals surface area (Å²) in [5.74, 6) is 0. The second kappa shape index (κ2) is 24.9. The van der Waals surface area contributed by atoms with Gasteiger partial charge in [-0.05, 0) is 0 Å². The Balaban J connectivity index is 1.20. The molecular formula is C74H90S4Sn2. The molecule has 0 nitrogen and oxygen atoms in total. The topological polar surface area (TPSA) is 0 Å². The van der Waals surface area contributed by atoms with Gasteiger partial charge in [0.05, 0.1) is 0 Å². The molecule has 0 aliphatic heterocycles. The van der Waals surface area contributed by atoms with E-state index in [-0.39, 0.29) is 0 Å². The average molecular weight is 1350 g/mol. The number of rotatable bonds is 26. The van der Waals surface area contributed by atoms with Crippen molar-refractivity contribution >= 4 is 107 Å². The quantitative estimate of drug-likeness (QED) is 0.0374. The van der Waals surface area contributed by atoms with Gasteiger partial charge in [-0.25, -0.2) is 0 Å². The van der Waals surface area contributed by atoms with Crippen LogP contribution >= 0.6 is 45.3 Å². The normalized spacial score (nSPS) is 14.3. The Hall–Kier alpha value is -2.98. The van der Waals surface area contributed by atoms with Crippen molar-refractivity contribution in [3.05, 3.63) is 188 Å². The second-order valence-corrected chi connectivity index (χ2v) is 61.2. The van der Waals surface area contributed by atoms with Crippen LogP contribution in [-0.2, 0) is 36.5 Å². The molecule has 6 heteroatoms. The van der Waals surface area contributed by atoms with Gasteiger partial charge in [-0.15, -0.1) is 0 Å². The molecule has 4 heterocycles. The van der Waals surface area contributed by atoms with Crippen molar-refractivity contribution in [2.45, 2.75) is 197 Å². The van der Waals surface area contributed by atoms with E-state index in [2.05, 4.69) is 224 Å². The Labute approximate surface area is 507 Å². The van der Waals surface area contributed by atoms with Crippen LogP contribution in [0.2, 0.25) is 29.6 Å². The molecule has 0 fully saturated rings. The second-order valence-electron chi connectivity index (χ2n) is 26.2. The van der Waals surface area contributed by atoms with Gasteiger partial charge in [0.25, 0.3) is 0 Å². The fourth-order valence-corrected chi connectivity index (χ4v) is 30.2. The van der Waals surface area contributed by atoms with Gasteiger partial charge in [-0.1, -0.05) is 79.1 Å². The molecule has 0 saturated carbocycles. The Bertz CT molecular complexity index is 3200. The van der Waals surface area contributed by atoms with Gasteiger partial charge >= 0.3 is 433 Å². The summed E-state index contributed by atoms with van der Waals surface area (Å²) in [5, 5.41) is 0. The molecule has 9 aromatic rings. The van der Waals surface area contributed by atoms with Crippen LogP contribution in [0.5, 0.6) is 0 Å². The van der Waals surface area contributed by atoms with E-state index in [1.165, 1.54) is 198 Å². The molecule has 0 unspecified atom stereocenters. The first-order valence-corrected chi connectivity index (χ1v) is 54.7. The van der Waals surface area contributed by atoms with Crippen LogP contribution in [0.1, 0.15) is 197 Å². The van der Waals surface area contributed by atoms with Crippen molar-refractivity contribution in [2.75, 3.05) is 0 Å². The standard InChI is InChI=1S/C68H72S4.6CH3.2Sn/c1-5-9-13-17-21-47-25-33-51(34-26-47)67(52-35-27-48(28-36-52)22-18-14-10-6-2)57-45-56-58(46-55(57)63-61(67)65-59(71-63)41-43-69-65)68(62-64(56)72-60-42-44-70-66(60)62,53-37-29-49(30-38-53)23-19-15-11-7-3)54-39-31-50(32-40-54)24-20-16-12-8-4;;;;;;;;/h25-42,45-46H,5-24H2,1-4H3;6*1H3;;. The zero-order chi connectivity index (χ0) is 55.8. The number of thiophene rings is 4. The molecule has 80 heavy (non-hydrogen) atoms. The molecule has 11 rings (SSSR count). The average Bonchev–Trinajstić information content (AvgIpc) is 4.36. The van der Waals surface area contributed by atoms with E-state index in [1.807, 2.05) is 0 Å². The van der Waals surface area contributed by atoms with Gasteiger partial charge in [0, 0.05) is 0 Å². The number of aryl methyl sites for hydroxylation is 4. The third-order valence-corrected chi connectivity index (χ3v) is 42.0. The number of fused-ring (bicyclic) bond motifs is 10. The molecule has 0 spiro atoms. The molecule has 0 radical (unpaired) electrons. The summed E-state index contributed by atoms with van der Waals surface area (Å²) in [4.78, 5) is 18.7. The molecule has 2 aliphatic rings. The third kappa shape index (κ3) is 11.0. The van der Waals surface area contributed by atoms with Gasteiger partial charge in [0.15, 0.2) is 0 Å². The summed E-state index contributed by atoms with van der Waals surface area (Å²) >= 11 is 3.58. The van der Waals surface area contributed by atoms with Gasteiger partial charge < -0.3 is 0 Å².